The molecule has 0 aliphatic heterocycles. The van der Waals surface area contributed by atoms with Crippen LogP contribution in [-0.4, -0.2) is 19.2 Å². The molecule has 1 aromatic rings. The Labute approximate surface area is 133 Å². The van der Waals surface area contributed by atoms with Crippen molar-refractivity contribution in [1.82, 2.24) is 10.6 Å². The second kappa shape index (κ2) is 9.46. The van der Waals surface area contributed by atoms with Gasteiger partial charge in [-0.05, 0) is 24.0 Å². The van der Waals surface area contributed by atoms with E-state index >= 15 is 0 Å². The van der Waals surface area contributed by atoms with Gasteiger partial charge in [0, 0.05) is 19.7 Å². The van der Waals surface area contributed by atoms with Crippen molar-refractivity contribution in [3.05, 3.63) is 35.4 Å². The van der Waals surface area contributed by atoms with Gasteiger partial charge in [0.05, 0.1) is 6.61 Å². The number of hydrogen-bond donors (Lipinski definition) is 2. The Morgan fingerprint density at radius 3 is 2.41 bits per heavy atom. The molecule has 0 bridgehead atoms. The monoisotopic (exact) mass is 304 g/mol. The van der Waals surface area contributed by atoms with Crippen molar-refractivity contribution in [3.8, 4) is 0 Å². The van der Waals surface area contributed by atoms with Gasteiger partial charge in [-0.1, -0.05) is 56.4 Å². The molecule has 1 saturated carbocycles. The number of amides is 2. The first-order valence-electron chi connectivity index (χ1n) is 8.39. The molecule has 4 nitrogen and oxygen atoms in total. The highest BCUT2D eigenvalue weighted by molar-refractivity contribution is 5.74. The number of carbonyl (C=O) groups is 1. The molecule has 2 rings (SSSR count). The standard InChI is InChI=1S/C18H28N2O2/c1-22-14-16-10-8-7-9-15(16)13-19-18(21)20-17-11-5-3-2-4-6-12-17/h7-10,17H,2-6,11-14H2,1H3,(H2,19,20,21). The number of benzene rings is 1. The fourth-order valence-corrected chi connectivity index (χ4v) is 3.04. The highest BCUT2D eigenvalue weighted by Crippen LogP contribution is 2.17. The van der Waals surface area contributed by atoms with E-state index in [4.69, 9.17) is 4.74 Å². The van der Waals surface area contributed by atoms with Gasteiger partial charge in [0.1, 0.15) is 0 Å². The Bertz CT molecular complexity index is 454. The van der Waals surface area contributed by atoms with Crippen molar-refractivity contribution in [2.45, 2.75) is 64.1 Å². The minimum Gasteiger partial charge on any atom is -0.380 e. The zero-order valence-corrected chi connectivity index (χ0v) is 13.6. The fourth-order valence-electron chi connectivity index (χ4n) is 3.04. The van der Waals surface area contributed by atoms with E-state index in [1.54, 1.807) is 7.11 Å². The highest BCUT2D eigenvalue weighted by atomic mass is 16.5. The molecule has 0 atom stereocenters. The quantitative estimate of drug-likeness (QED) is 0.870. The van der Waals surface area contributed by atoms with Crippen molar-refractivity contribution in [3.63, 3.8) is 0 Å². The SMILES string of the molecule is COCc1ccccc1CNC(=O)NC1CCCCCCC1. The van der Waals surface area contributed by atoms with E-state index in [1.807, 2.05) is 24.3 Å². The minimum absolute atomic E-state index is 0.0576. The van der Waals surface area contributed by atoms with Gasteiger partial charge in [0.25, 0.3) is 0 Å². The third kappa shape index (κ3) is 5.68. The second-order valence-electron chi connectivity index (χ2n) is 6.07. The average molecular weight is 304 g/mol. The summed E-state index contributed by atoms with van der Waals surface area (Å²) in [6, 6.07) is 8.32. The smallest absolute Gasteiger partial charge is 0.315 e. The van der Waals surface area contributed by atoms with Crippen LogP contribution in [0.15, 0.2) is 24.3 Å². The van der Waals surface area contributed by atoms with Gasteiger partial charge < -0.3 is 15.4 Å². The summed E-state index contributed by atoms with van der Waals surface area (Å²) in [4.78, 5) is 12.1. The van der Waals surface area contributed by atoms with Crippen LogP contribution >= 0.6 is 0 Å². The molecule has 1 fully saturated rings. The lowest BCUT2D eigenvalue weighted by Gasteiger charge is -2.21. The van der Waals surface area contributed by atoms with Crippen LogP contribution in [0.5, 0.6) is 0 Å². The van der Waals surface area contributed by atoms with Gasteiger partial charge in [-0.15, -0.1) is 0 Å². The lowest BCUT2D eigenvalue weighted by molar-refractivity contribution is 0.184. The molecule has 0 radical (unpaired) electrons. The summed E-state index contributed by atoms with van der Waals surface area (Å²) in [7, 11) is 1.69. The lowest BCUT2D eigenvalue weighted by atomic mass is 9.97. The molecule has 4 heteroatoms. The van der Waals surface area contributed by atoms with Crippen molar-refractivity contribution < 1.29 is 9.53 Å². The molecule has 1 aliphatic carbocycles. The zero-order chi connectivity index (χ0) is 15.6. The average Bonchev–Trinajstić information content (AvgIpc) is 2.49. The summed E-state index contributed by atoms with van der Waals surface area (Å²) in [5.41, 5.74) is 2.23. The number of ether oxygens (including phenoxy) is 1. The maximum absolute atomic E-state index is 12.1. The summed E-state index contributed by atoms with van der Waals surface area (Å²) in [6.07, 6.45) is 8.59. The first-order valence-corrected chi connectivity index (χ1v) is 8.39. The van der Waals surface area contributed by atoms with Crippen LogP contribution in [0.1, 0.15) is 56.1 Å². The van der Waals surface area contributed by atoms with E-state index in [-0.39, 0.29) is 6.03 Å². The largest absolute Gasteiger partial charge is 0.380 e. The van der Waals surface area contributed by atoms with Crippen molar-refractivity contribution >= 4 is 6.03 Å². The molecule has 0 spiro atoms. The zero-order valence-electron chi connectivity index (χ0n) is 13.6. The van der Waals surface area contributed by atoms with Gasteiger partial charge >= 0.3 is 6.03 Å². The number of nitrogens with one attached hydrogen (secondary N) is 2. The summed E-state index contributed by atoms with van der Waals surface area (Å²) < 4.78 is 5.19. The molecule has 22 heavy (non-hydrogen) atoms. The van der Waals surface area contributed by atoms with Crippen LogP contribution < -0.4 is 10.6 Å². The predicted octanol–water partition coefficient (Wildman–Crippen LogP) is 3.75. The lowest BCUT2D eigenvalue weighted by Crippen LogP contribution is -2.42. The molecule has 2 amide bonds. The third-order valence-electron chi connectivity index (χ3n) is 4.30. The molecule has 0 aromatic heterocycles. The van der Waals surface area contributed by atoms with Gasteiger partial charge in [0.2, 0.25) is 0 Å². The van der Waals surface area contributed by atoms with Crippen LogP contribution in [0.3, 0.4) is 0 Å². The van der Waals surface area contributed by atoms with Gasteiger partial charge in [0.15, 0.2) is 0 Å². The van der Waals surface area contributed by atoms with Crippen LogP contribution in [-0.2, 0) is 17.9 Å². The van der Waals surface area contributed by atoms with Crippen molar-refractivity contribution in [2.24, 2.45) is 0 Å². The Kier molecular flexibility index (Phi) is 7.23. The highest BCUT2D eigenvalue weighted by Gasteiger charge is 2.13. The molecular formula is C18H28N2O2. The van der Waals surface area contributed by atoms with Crippen LogP contribution in [0.4, 0.5) is 4.79 Å². The number of urea groups is 1. The van der Waals surface area contributed by atoms with E-state index in [2.05, 4.69) is 10.6 Å². The van der Waals surface area contributed by atoms with E-state index in [0.717, 1.165) is 24.0 Å². The number of hydrogen-bond acceptors (Lipinski definition) is 2. The Hall–Kier alpha value is -1.55. The molecule has 122 valence electrons. The van der Waals surface area contributed by atoms with Crippen molar-refractivity contribution in [1.29, 1.82) is 0 Å². The Balaban J connectivity index is 1.79. The molecule has 0 unspecified atom stereocenters. The number of carbonyl (C=O) groups excluding carboxylic acids is 1. The molecule has 0 saturated heterocycles. The maximum Gasteiger partial charge on any atom is 0.315 e. The molecular weight excluding hydrogens is 276 g/mol. The minimum atomic E-state index is -0.0576. The van der Waals surface area contributed by atoms with Crippen LogP contribution in [0.2, 0.25) is 0 Å². The summed E-state index contributed by atoms with van der Waals surface area (Å²) in [6.45, 7) is 1.11. The normalized spacial score (nSPS) is 16.6. The third-order valence-corrected chi connectivity index (χ3v) is 4.30. The number of rotatable bonds is 5. The first kappa shape index (κ1) is 16.8. The van der Waals surface area contributed by atoms with Gasteiger partial charge in [-0.2, -0.15) is 0 Å². The topological polar surface area (TPSA) is 50.4 Å². The maximum atomic E-state index is 12.1. The summed E-state index contributed by atoms with van der Waals surface area (Å²) in [5.74, 6) is 0. The molecule has 2 N–H and O–H groups in total. The molecule has 1 aliphatic rings. The van der Waals surface area contributed by atoms with E-state index in [0.29, 0.717) is 19.2 Å². The first-order chi connectivity index (χ1) is 10.8. The summed E-state index contributed by atoms with van der Waals surface area (Å²) >= 11 is 0. The Morgan fingerprint density at radius 2 is 1.73 bits per heavy atom. The van der Waals surface area contributed by atoms with E-state index in [9.17, 15) is 4.79 Å². The number of methoxy groups -OCH3 is 1. The Morgan fingerprint density at radius 1 is 1.09 bits per heavy atom. The van der Waals surface area contributed by atoms with Crippen LogP contribution in [0.25, 0.3) is 0 Å². The summed E-state index contributed by atoms with van der Waals surface area (Å²) in [5, 5.41) is 6.10. The second-order valence-corrected chi connectivity index (χ2v) is 6.07. The van der Waals surface area contributed by atoms with E-state index in [1.165, 1.54) is 32.1 Å². The van der Waals surface area contributed by atoms with Gasteiger partial charge in [-0.3, -0.25) is 0 Å². The van der Waals surface area contributed by atoms with E-state index < -0.39 is 0 Å². The van der Waals surface area contributed by atoms with Gasteiger partial charge in [-0.25, -0.2) is 4.79 Å². The molecule has 1 aromatic carbocycles. The van der Waals surface area contributed by atoms with Crippen molar-refractivity contribution in [2.75, 3.05) is 7.11 Å². The molecule has 0 heterocycles. The van der Waals surface area contributed by atoms with Crippen LogP contribution in [0, 0.1) is 0 Å². The predicted molar refractivity (Wildman–Crippen MR) is 88.6 cm³/mol. The fraction of sp³-hybridized carbons (Fsp3) is 0.611.